The van der Waals surface area contributed by atoms with Gasteiger partial charge in [-0.25, -0.2) is 0 Å². The van der Waals surface area contributed by atoms with Crippen LogP contribution in [0.3, 0.4) is 0 Å². The Bertz CT molecular complexity index is 701. The zero-order valence-electron chi connectivity index (χ0n) is 14.2. The first-order valence-electron chi connectivity index (χ1n) is 8.23. The second kappa shape index (κ2) is 6.18. The van der Waals surface area contributed by atoms with E-state index in [-0.39, 0.29) is 17.9 Å². The minimum absolute atomic E-state index is 0.0406. The zero-order chi connectivity index (χ0) is 16.6. The molecule has 0 spiro atoms. The zero-order valence-corrected chi connectivity index (χ0v) is 14.2. The van der Waals surface area contributed by atoms with Crippen molar-refractivity contribution in [2.45, 2.75) is 59.0 Å². The predicted octanol–water partition coefficient (Wildman–Crippen LogP) is 2.92. The van der Waals surface area contributed by atoms with Gasteiger partial charge in [-0.3, -0.25) is 9.48 Å². The quantitative estimate of drug-likeness (QED) is 0.870. The molecule has 0 radical (unpaired) electrons. The van der Waals surface area contributed by atoms with E-state index in [1.807, 2.05) is 49.7 Å². The smallest absolute Gasteiger partial charge is 0.259 e. The fraction of sp³-hybridized carbons (Fsp3) is 0.588. The first kappa shape index (κ1) is 15.8. The highest BCUT2D eigenvalue weighted by atomic mass is 16.5. The molecule has 1 fully saturated rings. The lowest BCUT2D eigenvalue weighted by molar-refractivity contribution is 0.0718. The van der Waals surface area contributed by atoms with Crippen molar-refractivity contribution in [1.82, 2.24) is 19.8 Å². The molecule has 1 aliphatic heterocycles. The average molecular weight is 316 g/mol. The summed E-state index contributed by atoms with van der Waals surface area (Å²) < 4.78 is 7.31. The maximum Gasteiger partial charge on any atom is 0.259 e. The van der Waals surface area contributed by atoms with Crippen molar-refractivity contribution in [1.29, 1.82) is 0 Å². The topological polar surface area (TPSA) is 64.2 Å². The van der Waals surface area contributed by atoms with E-state index in [1.54, 1.807) is 0 Å². The normalized spacial score (nSPS) is 18.1. The SMILES string of the molecule is Cc1cnn(C[C@@H]2CCCN2C(=O)c2c(C)noc2C(C)C)c1. The van der Waals surface area contributed by atoms with E-state index < -0.39 is 0 Å². The Balaban J connectivity index is 1.82. The molecule has 1 atom stereocenters. The van der Waals surface area contributed by atoms with Gasteiger partial charge in [-0.1, -0.05) is 19.0 Å². The Labute approximate surface area is 136 Å². The van der Waals surface area contributed by atoms with Crippen molar-refractivity contribution >= 4 is 5.91 Å². The molecule has 2 aromatic heterocycles. The maximum atomic E-state index is 13.1. The number of hydrogen-bond donors (Lipinski definition) is 0. The lowest BCUT2D eigenvalue weighted by atomic mass is 10.0. The molecule has 6 nitrogen and oxygen atoms in total. The minimum Gasteiger partial charge on any atom is -0.360 e. The molecule has 0 N–H and O–H groups in total. The van der Waals surface area contributed by atoms with Crippen LogP contribution in [-0.4, -0.2) is 38.3 Å². The maximum absolute atomic E-state index is 13.1. The van der Waals surface area contributed by atoms with Gasteiger partial charge in [-0.05, 0) is 32.3 Å². The summed E-state index contributed by atoms with van der Waals surface area (Å²) in [7, 11) is 0. The second-order valence-corrected chi connectivity index (χ2v) is 6.70. The number of hydrogen-bond acceptors (Lipinski definition) is 4. The third-order valence-corrected chi connectivity index (χ3v) is 4.43. The van der Waals surface area contributed by atoms with Crippen LogP contribution in [0.4, 0.5) is 0 Å². The van der Waals surface area contributed by atoms with Crippen LogP contribution >= 0.6 is 0 Å². The highest BCUT2D eigenvalue weighted by Gasteiger charge is 2.34. The van der Waals surface area contributed by atoms with Gasteiger partial charge in [0.2, 0.25) is 0 Å². The predicted molar refractivity (Wildman–Crippen MR) is 86.4 cm³/mol. The van der Waals surface area contributed by atoms with Gasteiger partial charge in [0.05, 0.1) is 24.5 Å². The molecule has 124 valence electrons. The van der Waals surface area contributed by atoms with Gasteiger partial charge in [-0.2, -0.15) is 5.10 Å². The van der Waals surface area contributed by atoms with E-state index in [0.29, 0.717) is 17.0 Å². The van der Waals surface area contributed by atoms with Crippen molar-refractivity contribution in [3.8, 4) is 0 Å². The highest BCUT2D eigenvalue weighted by molar-refractivity contribution is 5.96. The van der Waals surface area contributed by atoms with Crippen LogP contribution in [0.2, 0.25) is 0 Å². The van der Waals surface area contributed by atoms with Crippen LogP contribution in [0.25, 0.3) is 0 Å². The second-order valence-electron chi connectivity index (χ2n) is 6.70. The largest absolute Gasteiger partial charge is 0.360 e. The summed E-state index contributed by atoms with van der Waals surface area (Å²) in [4.78, 5) is 15.0. The van der Waals surface area contributed by atoms with E-state index in [4.69, 9.17) is 4.52 Å². The fourth-order valence-corrected chi connectivity index (χ4v) is 3.26. The molecule has 2 aromatic rings. The van der Waals surface area contributed by atoms with Crippen LogP contribution in [0, 0.1) is 13.8 Å². The summed E-state index contributed by atoms with van der Waals surface area (Å²) in [5, 5.41) is 8.35. The number of aryl methyl sites for hydroxylation is 2. The summed E-state index contributed by atoms with van der Waals surface area (Å²) in [6, 6.07) is 0.177. The lowest BCUT2D eigenvalue weighted by Gasteiger charge is -2.25. The van der Waals surface area contributed by atoms with E-state index in [9.17, 15) is 4.79 Å². The van der Waals surface area contributed by atoms with Crippen molar-refractivity contribution < 1.29 is 9.32 Å². The molecule has 0 bridgehead atoms. The number of carbonyl (C=O) groups excluding carboxylic acids is 1. The number of amides is 1. The number of aromatic nitrogens is 3. The Morgan fingerprint density at radius 1 is 1.43 bits per heavy atom. The molecule has 23 heavy (non-hydrogen) atoms. The molecule has 3 heterocycles. The Hall–Kier alpha value is -2.11. The van der Waals surface area contributed by atoms with Crippen LogP contribution in [-0.2, 0) is 6.54 Å². The standard InChI is InChI=1S/C17H24N4O2/c1-11(2)16-15(13(4)19-23-16)17(22)21-7-5-6-14(21)10-20-9-12(3)8-18-20/h8-9,11,14H,5-7,10H2,1-4H3/t14-/m0/s1. The highest BCUT2D eigenvalue weighted by Crippen LogP contribution is 2.27. The molecular weight excluding hydrogens is 292 g/mol. The van der Waals surface area contributed by atoms with Gasteiger partial charge in [0.1, 0.15) is 5.56 Å². The number of carbonyl (C=O) groups is 1. The fourth-order valence-electron chi connectivity index (χ4n) is 3.26. The molecule has 6 heteroatoms. The molecule has 0 unspecified atom stereocenters. The summed E-state index contributed by atoms with van der Waals surface area (Å²) in [6.07, 6.45) is 5.90. The average Bonchev–Trinajstić information content (AvgIpc) is 3.19. The first-order valence-corrected chi connectivity index (χ1v) is 8.23. The van der Waals surface area contributed by atoms with Crippen LogP contribution in [0.5, 0.6) is 0 Å². The molecule has 1 aliphatic rings. The van der Waals surface area contributed by atoms with Crippen LogP contribution in [0.1, 0.15) is 60.0 Å². The lowest BCUT2D eigenvalue weighted by Crippen LogP contribution is -2.38. The molecule has 0 aliphatic carbocycles. The van der Waals surface area contributed by atoms with E-state index >= 15 is 0 Å². The Kier molecular flexibility index (Phi) is 4.24. The van der Waals surface area contributed by atoms with Crippen molar-refractivity contribution in [3.05, 3.63) is 35.0 Å². The number of rotatable bonds is 4. The molecule has 0 aromatic carbocycles. The van der Waals surface area contributed by atoms with Crippen LogP contribution < -0.4 is 0 Å². The van der Waals surface area contributed by atoms with E-state index in [0.717, 1.165) is 31.5 Å². The monoisotopic (exact) mass is 316 g/mol. The van der Waals surface area contributed by atoms with Crippen LogP contribution in [0.15, 0.2) is 16.9 Å². The Morgan fingerprint density at radius 2 is 2.22 bits per heavy atom. The molecule has 3 rings (SSSR count). The first-order chi connectivity index (χ1) is 11.0. The van der Waals surface area contributed by atoms with Gasteiger partial charge in [0, 0.05) is 18.7 Å². The van der Waals surface area contributed by atoms with Gasteiger partial charge in [0.15, 0.2) is 5.76 Å². The van der Waals surface area contributed by atoms with Gasteiger partial charge in [0.25, 0.3) is 5.91 Å². The number of likely N-dealkylation sites (tertiary alicyclic amines) is 1. The third-order valence-electron chi connectivity index (χ3n) is 4.43. The minimum atomic E-state index is 0.0406. The molecular formula is C17H24N4O2. The van der Waals surface area contributed by atoms with E-state index in [1.165, 1.54) is 0 Å². The van der Waals surface area contributed by atoms with Crippen molar-refractivity contribution in [2.75, 3.05) is 6.54 Å². The van der Waals surface area contributed by atoms with Gasteiger partial charge < -0.3 is 9.42 Å². The molecule has 1 amide bonds. The molecule has 0 saturated carbocycles. The number of nitrogens with zero attached hydrogens (tertiary/aromatic N) is 4. The van der Waals surface area contributed by atoms with Crippen molar-refractivity contribution in [3.63, 3.8) is 0 Å². The van der Waals surface area contributed by atoms with Gasteiger partial charge in [-0.15, -0.1) is 0 Å². The third kappa shape index (κ3) is 3.02. The summed E-state index contributed by atoms with van der Waals surface area (Å²) in [5.41, 5.74) is 2.46. The summed E-state index contributed by atoms with van der Waals surface area (Å²) in [5.74, 6) is 0.872. The summed E-state index contributed by atoms with van der Waals surface area (Å²) >= 11 is 0. The van der Waals surface area contributed by atoms with Gasteiger partial charge >= 0.3 is 0 Å². The molecule has 1 saturated heterocycles. The van der Waals surface area contributed by atoms with Crippen molar-refractivity contribution in [2.24, 2.45) is 0 Å². The summed E-state index contributed by atoms with van der Waals surface area (Å²) in [6.45, 7) is 9.42. The Morgan fingerprint density at radius 3 is 2.87 bits per heavy atom. The van der Waals surface area contributed by atoms with E-state index in [2.05, 4.69) is 10.3 Å².